The quantitative estimate of drug-likeness (QED) is 0.438. The van der Waals surface area contributed by atoms with Crippen LogP contribution in [0.3, 0.4) is 0 Å². The number of carbonyl (C=O) groups excluding carboxylic acids is 2. The van der Waals surface area contributed by atoms with Crippen LogP contribution in [-0.2, 0) is 16.0 Å². The second kappa shape index (κ2) is 8.79. The number of nitro groups is 1. The van der Waals surface area contributed by atoms with Gasteiger partial charge in [-0.3, -0.25) is 14.9 Å². The van der Waals surface area contributed by atoms with Crippen molar-refractivity contribution in [3.63, 3.8) is 0 Å². The van der Waals surface area contributed by atoms with E-state index < -0.39 is 22.9 Å². The topological polar surface area (TPSA) is 111 Å². The molecular formula is C19H21N3O5. The third-order valence-corrected chi connectivity index (χ3v) is 3.99. The minimum atomic E-state index is -1.08. The average Bonchev–Trinajstić information content (AvgIpc) is 2.67. The molecule has 0 spiro atoms. The van der Waals surface area contributed by atoms with E-state index in [4.69, 9.17) is 4.74 Å². The van der Waals surface area contributed by atoms with Crippen molar-refractivity contribution in [3.05, 3.63) is 63.7 Å². The lowest BCUT2D eigenvalue weighted by atomic mass is 10.1. The smallest absolute Gasteiger partial charge is 0.341 e. The first-order valence-corrected chi connectivity index (χ1v) is 8.42. The molecule has 0 saturated heterocycles. The van der Waals surface area contributed by atoms with Gasteiger partial charge in [0.2, 0.25) is 0 Å². The molecule has 0 unspecified atom stereocenters. The number of hydrogen-bond acceptors (Lipinski definition) is 6. The molecule has 0 aromatic heterocycles. The average molecular weight is 371 g/mol. The van der Waals surface area contributed by atoms with E-state index in [1.54, 1.807) is 19.2 Å². The molecule has 142 valence electrons. The zero-order chi connectivity index (χ0) is 20.0. The fraction of sp³-hybridized carbons (Fsp3) is 0.263. The summed E-state index contributed by atoms with van der Waals surface area (Å²) in [6.45, 7) is 3.46. The van der Waals surface area contributed by atoms with Gasteiger partial charge in [-0.15, -0.1) is 0 Å². The summed E-state index contributed by atoms with van der Waals surface area (Å²) in [6.07, 6.45) is -0.188. The third-order valence-electron chi connectivity index (χ3n) is 3.99. The number of nitrogens with zero attached hydrogens (tertiary/aromatic N) is 1. The first-order valence-electron chi connectivity index (χ1n) is 8.42. The highest BCUT2D eigenvalue weighted by atomic mass is 16.6. The molecule has 1 amide bonds. The molecule has 27 heavy (non-hydrogen) atoms. The van der Waals surface area contributed by atoms with Crippen LogP contribution in [0.4, 0.5) is 17.1 Å². The maximum atomic E-state index is 12.4. The molecule has 8 heteroatoms. The Morgan fingerprint density at radius 1 is 1.19 bits per heavy atom. The number of amides is 1. The van der Waals surface area contributed by atoms with Crippen LogP contribution in [0, 0.1) is 10.1 Å². The number of non-ortho nitro benzene ring substituents is 1. The van der Waals surface area contributed by atoms with Gasteiger partial charge in [-0.2, -0.15) is 0 Å². The van der Waals surface area contributed by atoms with Crippen molar-refractivity contribution in [3.8, 4) is 0 Å². The Balaban J connectivity index is 2.08. The van der Waals surface area contributed by atoms with Crippen molar-refractivity contribution in [2.45, 2.75) is 26.4 Å². The minimum absolute atomic E-state index is 0.0151. The van der Waals surface area contributed by atoms with Gasteiger partial charge in [-0.25, -0.2) is 4.79 Å². The van der Waals surface area contributed by atoms with Gasteiger partial charge in [0.05, 0.1) is 10.5 Å². The van der Waals surface area contributed by atoms with E-state index in [1.807, 2.05) is 19.1 Å². The molecule has 0 aliphatic carbocycles. The number of nitrogens with one attached hydrogen (secondary N) is 2. The summed E-state index contributed by atoms with van der Waals surface area (Å²) in [5.41, 5.74) is 1.84. The van der Waals surface area contributed by atoms with E-state index in [0.29, 0.717) is 11.4 Å². The number of nitro benzene ring substituents is 1. The molecule has 8 nitrogen and oxygen atoms in total. The van der Waals surface area contributed by atoms with Crippen molar-refractivity contribution < 1.29 is 19.2 Å². The Hall–Kier alpha value is -3.42. The molecule has 0 radical (unpaired) electrons. The van der Waals surface area contributed by atoms with E-state index in [2.05, 4.69) is 10.6 Å². The Bertz CT molecular complexity index is 849. The fourth-order valence-corrected chi connectivity index (χ4v) is 2.38. The van der Waals surface area contributed by atoms with Crippen molar-refractivity contribution in [2.24, 2.45) is 0 Å². The number of aryl methyl sites for hydroxylation is 1. The number of carbonyl (C=O) groups is 2. The molecule has 2 aromatic rings. The number of benzene rings is 2. The molecule has 0 aliphatic rings. The van der Waals surface area contributed by atoms with Crippen molar-refractivity contribution in [2.75, 3.05) is 17.7 Å². The standard InChI is InChI=1S/C19H21N3O5/c1-4-13-5-7-14(8-6-13)21-18(23)12(2)27-19(24)16-11-15(22(25)26)9-10-17(16)20-3/h5-12,20H,4H2,1-3H3,(H,21,23)/t12-/m1/s1. The fourth-order valence-electron chi connectivity index (χ4n) is 2.38. The lowest BCUT2D eigenvalue weighted by Crippen LogP contribution is -2.30. The molecule has 0 bridgehead atoms. The predicted octanol–water partition coefficient (Wildman–Crippen LogP) is 3.38. The maximum Gasteiger partial charge on any atom is 0.341 e. The molecule has 0 fully saturated rings. The SMILES string of the molecule is CCc1ccc(NC(=O)[C@@H](C)OC(=O)c2cc([N+](=O)[O-])ccc2NC)cc1. The van der Waals surface area contributed by atoms with E-state index in [9.17, 15) is 19.7 Å². The van der Waals surface area contributed by atoms with E-state index in [0.717, 1.165) is 18.1 Å². The number of anilines is 2. The summed E-state index contributed by atoms with van der Waals surface area (Å²) in [5.74, 6) is -1.32. The molecule has 2 aromatic carbocycles. The van der Waals surface area contributed by atoms with Gasteiger partial charge in [-0.05, 0) is 37.1 Å². The lowest BCUT2D eigenvalue weighted by Gasteiger charge is -2.15. The van der Waals surface area contributed by atoms with Gasteiger partial charge in [0.25, 0.3) is 11.6 Å². The van der Waals surface area contributed by atoms with Crippen LogP contribution in [0.15, 0.2) is 42.5 Å². The van der Waals surface area contributed by atoms with Gasteiger partial charge in [-0.1, -0.05) is 19.1 Å². The van der Waals surface area contributed by atoms with Gasteiger partial charge >= 0.3 is 5.97 Å². The first-order chi connectivity index (χ1) is 12.8. The third kappa shape index (κ3) is 5.04. The van der Waals surface area contributed by atoms with Crippen LogP contribution in [0.5, 0.6) is 0 Å². The number of ether oxygens (including phenoxy) is 1. The minimum Gasteiger partial charge on any atom is -0.449 e. The Morgan fingerprint density at radius 3 is 2.41 bits per heavy atom. The highest BCUT2D eigenvalue weighted by Crippen LogP contribution is 2.23. The predicted molar refractivity (Wildman–Crippen MR) is 102 cm³/mol. The molecule has 0 aliphatic heterocycles. The lowest BCUT2D eigenvalue weighted by molar-refractivity contribution is -0.384. The van der Waals surface area contributed by atoms with E-state index in [-0.39, 0.29) is 11.3 Å². The monoisotopic (exact) mass is 371 g/mol. The molecular weight excluding hydrogens is 350 g/mol. The maximum absolute atomic E-state index is 12.4. The summed E-state index contributed by atoms with van der Waals surface area (Å²) < 4.78 is 5.18. The molecule has 2 rings (SSSR count). The van der Waals surface area contributed by atoms with Gasteiger partial charge in [0.15, 0.2) is 6.10 Å². The zero-order valence-corrected chi connectivity index (χ0v) is 15.3. The second-order valence-corrected chi connectivity index (χ2v) is 5.82. The molecule has 2 N–H and O–H groups in total. The van der Waals surface area contributed by atoms with Crippen LogP contribution in [0.25, 0.3) is 0 Å². The van der Waals surface area contributed by atoms with Gasteiger partial charge in [0.1, 0.15) is 0 Å². The Labute approximate surface area is 156 Å². The molecule has 1 atom stereocenters. The van der Waals surface area contributed by atoms with Gasteiger partial charge < -0.3 is 15.4 Å². The van der Waals surface area contributed by atoms with Crippen LogP contribution in [-0.4, -0.2) is 30.0 Å². The zero-order valence-electron chi connectivity index (χ0n) is 15.3. The largest absolute Gasteiger partial charge is 0.449 e. The van der Waals surface area contributed by atoms with Crippen molar-refractivity contribution in [1.29, 1.82) is 0 Å². The van der Waals surface area contributed by atoms with Crippen LogP contribution < -0.4 is 10.6 Å². The summed E-state index contributed by atoms with van der Waals surface area (Å²) >= 11 is 0. The summed E-state index contributed by atoms with van der Waals surface area (Å²) in [6, 6.07) is 11.1. The van der Waals surface area contributed by atoms with E-state index >= 15 is 0 Å². The van der Waals surface area contributed by atoms with Crippen LogP contribution >= 0.6 is 0 Å². The molecule has 0 saturated carbocycles. The van der Waals surface area contributed by atoms with Crippen molar-refractivity contribution >= 4 is 28.9 Å². The van der Waals surface area contributed by atoms with Crippen LogP contribution in [0.2, 0.25) is 0 Å². The normalized spacial score (nSPS) is 11.4. The van der Waals surface area contributed by atoms with E-state index in [1.165, 1.54) is 19.1 Å². The number of esters is 1. The first kappa shape index (κ1) is 19.9. The van der Waals surface area contributed by atoms with Gasteiger partial charge in [0, 0.05) is 30.6 Å². The number of rotatable bonds is 7. The summed E-state index contributed by atoms with van der Waals surface area (Å²) in [4.78, 5) is 35.0. The molecule has 0 heterocycles. The summed E-state index contributed by atoms with van der Waals surface area (Å²) in [5, 5.41) is 16.4. The highest BCUT2D eigenvalue weighted by molar-refractivity contribution is 6.00. The Kier molecular flexibility index (Phi) is 6.48. The Morgan fingerprint density at radius 2 is 1.85 bits per heavy atom. The second-order valence-electron chi connectivity index (χ2n) is 5.82. The highest BCUT2D eigenvalue weighted by Gasteiger charge is 2.23. The summed E-state index contributed by atoms with van der Waals surface area (Å²) in [7, 11) is 1.58. The van der Waals surface area contributed by atoms with Crippen LogP contribution in [0.1, 0.15) is 29.8 Å². The van der Waals surface area contributed by atoms with Crippen molar-refractivity contribution in [1.82, 2.24) is 0 Å². The number of hydrogen-bond donors (Lipinski definition) is 2.